The maximum absolute atomic E-state index is 5.04. The van der Waals surface area contributed by atoms with Gasteiger partial charge in [-0.1, -0.05) is 0 Å². The second kappa shape index (κ2) is 4.11. The molecule has 0 unspecified atom stereocenters. The summed E-state index contributed by atoms with van der Waals surface area (Å²) in [5.74, 6) is 0. The molecule has 2 heterocycles. The molecule has 1 aliphatic heterocycles. The van der Waals surface area contributed by atoms with Crippen LogP contribution >= 0.6 is 11.3 Å². The minimum Gasteiger partial charge on any atom is -0.383 e. The van der Waals surface area contributed by atoms with Crippen molar-refractivity contribution in [3.8, 4) is 0 Å². The van der Waals surface area contributed by atoms with Crippen LogP contribution in [0.5, 0.6) is 0 Å². The monoisotopic (exact) mass is 210 g/mol. The highest BCUT2D eigenvalue weighted by molar-refractivity contribution is 7.07. The van der Waals surface area contributed by atoms with Crippen molar-refractivity contribution in [3.05, 3.63) is 20.8 Å². The Labute approximate surface area is 87.3 Å². The minimum atomic E-state index is 0.755. The third-order valence-corrected chi connectivity index (χ3v) is 3.34. The van der Waals surface area contributed by atoms with Gasteiger partial charge in [0.25, 0.3) is 0 Å². The van der Waals surface area contributed by atoms with Crippen LogP contribution in [0.2, 0.25) is 0 Å². The minimum absolute atomic E-state index is 0.755. The number of ether oxygens (including phenoxy) is 1. The van der Waals surface area contributed by atoms with Crippen LogP contribution in [0.25, 0.3) is 6.20 Å². The fraction of sp³-hybridized carbons (Fsp3) is 0.500. The molecule has 14 heavy (non-hydrogen) atoms. The first kappa shape index (κ1) is 9.68. The van der Waals surface area contributed by atoms with E-state index >= 15 is 0 Å². The van der Waals surface area contributed by atoms with E-state index in [1.165, 1.54) is 10.8 Å². The van der Waals surface area contributed by atoms with Gasteiger partial charge in [-0.15, -0.1) is 11.3 Å². The first-order valence-electron chi connectivity index (χ1n) is 4.64. The van der Waals surface area contributed by atoms with E-state index in [2.05, 4.69) is 28.4 Å². The van der Waals surface area contributed by atoms with Gasteiger partial charge >= 0.3 is 0 Å². The number of rotatable bonds is 3. The van der Waals surface area contributed by atoms with Gasteiger partial charge in [0.1, 0.15) is 11.3 Å². The van der Waals surface area contributed by atoms with E-state index in [4.69, 9.17) is 4.74 Å². The van der Waals surface area contributed by atoms with Crippen LogP contribution in [-0.2, 0) is 4.74 Å². The standard InChI is InChI=1S/C10H14N2OS/c1-8-6-14-10-9(8)5-12(7-11-10)3-4-13-2/h5-6H,3-4,7H2,1-2H3. The van der Waals surface area contributed by atoms with Gasteiger partial charge in [0.05, 0.1) is 6.61 Å². The van der Waals surface area contributed by atoms with Crippen molar-refractivity contribution in [2.75, 3.05) is 26.9 Å². The summed E-state index contributed by atoms with van der Waals surface area (Å²) in [6.07, 6.45) is 2.19. The molecular formula is C10H14N2OS. The fourth-order valence-electron chi connectivity index (χ4n) is 1.44. The zero-order valence-corrected chi connectivity index (χ0v) is 9.30. The van der Waals surface area contributed by atoms with Gasteiger partial charge in [0.15, 0.2) is 0 Å². The Morgan fingerprint density at radius 1 is 1.64 bits per heavy atom. The summed E-state index contributed by atoms with van der Waals surface area (Å²) >= 11 is 1.72. The van der Waals surface area contributed by atoms with Crippen LogP contribution in [0.15, 0.2) is 10.4 Å². The average Bonchev–Trinajstić information content (AvgIpc) is 2.57. The number of fused-ring (bicyclic) bond motifs is 1. The van der Waals surface area contributed by atoms with Gasteiger partial charge < -0.3 is 9.64 Å². The van der Waals surface area contributed by atoms with E-state index in [1.54, 1.807) is 18.4 Å². The maximum atomic E-state index is 5.04. The van der Waals surface area contributed by atoms with Crippen molar-refractivity contribution in [1.82, 2.24) is 4.90 Å². The van der Waals surface area contributed by atoms with Crippen molar-refractivity contribution in [2.24, 2.45) is 4.99 Å². The van der Waals surface area contributed by atoms with E-state index < -0.39 is 0 Å². The molecule has 0 aliphatic carbocycles. The zero-order valence-electron chi connectivity index (χ0n) is 8.49. The molecule has 0 atom stereocenters. The normalized spacial score (nSPS) is 14.6. The van der Waals surface area contributed by atoms with Crippen LogP contribution in [-0.4, -0.2) is 31.8 Å². The van der Waals surface area contributed by atoms with Gasteiger partial charge in [-0.05, 0) is 17.9 Å². The van der Waals surface area contributed by atoms with Crippen LogP contribution in [0.3, 0.4) is 0 Å². The first-order valence-corrected chi connectivity index (χ1v) is 5.52. The highest BCUT2D eigenvalue weighted by Crippen LogP contribution is 1.98. The molecule has 3 nitrogen and oxygen atoms in total. The number of nitrogens with zero attached hydrogens (tertiary/aromatic N) is 2. The van der Waals surface area contributed by atoms with Gasteiger partial charge in [-0.2, -0.15) is 0 Å². The van der Waals surface area contributed by atoms with E-state index in [1.807, 2.05) is 0 Å². The Morgan fingerprint density at radius 2 is 2.50 bits per heavy atom. The van der Waals surface area contributed by atoms with Gasteiger partial charge in [-0.3, -0.25) is 4.99 Å². The van der Waals surface area contributed by atoms with Crippen LogP contribution in [0.1, 0.15) is 5.56 Å². The molecule has 0 radical (unpaired) electrons. The van der Waals surface area contributed by atoms with Crippen LogP contribution in [0, 0.1) is 6.92 Å². The number of hydrogen-bond donors (Lipinski definition) is 0. The largest absolute Gasteiger partial charge is 0.383 e. The molecule has 0 saturated heterocycles. The van der Waals surface area contributed by atoms with Gasteiger partial charge in [-0.25, -0.2) is 0 Å². The number of methoxy groups -OCH3 is 1. The highest BCUT2D eigenvalue weighted by Gasteiger charge is 2.05. The molecule has 0 amide bonds. The van der Waals surface area contributed by atoms with Crippen LogP contribution in [0.4, 0.5) is 0 Å². The second-order valence-corrected chi connectivity index (χ2v) is 4.23. The van der Waals surface area contributed by atoms with Crippen molar-refractivity contribution in [2.45, 2.75) is 6.92 Å². The van der Waals surface area contributed by atoms with Crippen molar-refractivity contribution in [3.63, 3.8) is 0 Å². The summed E-state index contributed by atoms with van der Waals surface area (Å²) in [6, 6.07) is 0. The summed E-state index contributed by atoms with van der Waals surface area (Å²) in [6.45, 7) is 4.55. The SMILES string of the molecule is COCCN1C=c2c(C)csc2=NC1. The molecule has 1 aromatic heterocycles. The molecule has 0 aromatic carbocycles. The molecular weight excluding hydrogens is 196 g/mol. The number of thiophene rings is 1. The van der Waals surface area contributed by atoms with E-state index in [-0.39, 0.29) is 0 Å². The Hall–Kier alpha value is -0.870. The molecule has 4 heteroatoms. The summed E-state index contributed by atoms with van der Waals surface area (Å²) < 4.78 is 6.21. The predicted octanol–water partition coefficient (Wildman–Crippen LogP) is 0.334. The van der Waals surface area contributed by atoms with Gasteiger partial charge in [0.2, 0.25) is 0 Å². The molecule has 1 aliphatic rings. The molecule has 2 rings (SSSR count). The Balaban J connectivity index is 2.24. The van der Waals surface area contributed by atoms with E-state index in [0.717, 1.165) is 24.5 Å². The second-order valence-electron chi connectivity index (χ2n) is 3.37. The summed E-state index contributed by atoms with van der Waals surface area (Å²) in [7, 11) is 1.72. The quantitative estimate of drug-likeness (QED) is 0.718. The topological polar surface area (TPSA) is 24.8 Å². The van der Waals surface area contributed by atoms with Crippen molar-refractivity contribution < 1.29 is 4.74 Å². The lowest BCUT2D eigenvalue weighted by Crippen LogP contribution is -2.35. The molecule has 1 aromatic rings. The van der Waals surface area contributed by atoms with E-state index in [9.17, 15) is 0 Å². The molecule has 0 saturated carbocycles. The molecule has 76 valence electrons. The lowest BCUT2D eigenvalue weighted by Gasteiger charge is -2.19. The Bertz CT molecular complexity index is 424. The van der Waals surface area contributed by atoms with Crippen molar-refractivity contribution >= 4 is 17.5 Å². The van der Waals surface area contributed by atoms with Crippen LogP contribution < -0.4 is 9.89 Å². The Morgan fingerprint density at radius 3 is 3.29 bits per heavy atom. The molecule has 0 N–H and O–H groups in total. The van der Waals surface area contributed by atoms with Crippen molar-refractivity contribution in [1.29, 1.82) is 0 Å². The number of aryl methyl sites for hydroxylation is 1. The lowest BCUT2D eigenvalue weighted by atomic mass is 10.3. The first-order chi connectivity index (χ1) is 6.81. The summed E-state index contributed by atoms with van der Waals surface area (Å²) in [5.41, 5.74) is 1.32. The summed E-state index contributed by atoms with van der Waals surface area (Å²) in [4.78, 5) is 6.69. The smallest absolute Gasteiger partial charge is 0.121 e. The van der Waals surface area contributed by atoms with Gasteiger partial charge in [0, 0.05) is 25.1 Å². The fourth-order valence-corrected chi connectivity index (χ4v) is 2.33. The maximum Gasteiger partial charge on any atom is 0.121 e. The lowest BCUT2D eigenvalue weighted by molar-refractivity contribution is 0.175. The zero-order chi connectivity index (χ0) is 9.97. The predicted molar refractivity (Wildman–Crippen MR) is 57.8 cm³/mol. The van der Waals surface area contributed by atoms with E-state index in [0.29, 0.717) is 0 Å². The third-order valence-electron chi connectivity index (χ3n) is 2.29. The molecule has 0 spiro atoms. The summed E-state index contributed by atoms with van der Waals surface area (Å²) in [5, 5.41) is 3.43. The molecule has 0 fully saturated rings. The third kappa shape index (κ3) is 1.81. The average molecular weight is 210 g/mol. The highest BCUT2D eigenvalue weighted by atomic mass is 32.1. The molecule has 0 bridgehead atoms. The number of hydrogen-bond acceptors (Lipinski definition) is 4. The Kier molecular flexibility index (Phi) is 2.84.